The summed E-state index contributed by atoms with van der Waals surface area (Å²) in [6.45, 7) is 2.49. The van der Waals surface area contributed by atoms with Gasteiger partial charge in [-0.15, -0.1) is 0 Å². The third-order valence-electron chi connectivity index (χ3n) is 5.62. The Bertz CT molecular complexity index is 1230. The lowest BCUT2D eigenvalue weighted by atomic mass is 10.1. The number of pyridine rings is 2. The summed E-state index contributed by atoms with van der Waals surface area (Å²) in [6.07, 6.45) is 8.16. The van der Waals surface area contributed by atoms with Crippen molar-refractivity contribution in [3.05, 3.63) is 89.9 Å². The summed E-state index contributed by atoms with van der Waals surface area (Å²) in [6, 6.07) is 12.2. The summed E-state index contributed by atoms with van der Waals surface area (Å²) in [5.74, 6) is 1.03. The van der Waals surface area contributed by atoms with Crippen LogP contribution >= 0.6 is 0 Å². The predicted octanol–water partition coefficient (Wildman–Crippen LogP) is 4.31. The van der Waals surface area contributed by atoms with E-state index in [0.717, 1.165) is 54.3 Å². The Kier molecular flexibility index (Phi) is 5.56. The van der Waals surface area contributed by atoms with Crippen LogP contribution in [0.1, 0.15) is 16.8 Å². The molecule has 0 atom stereocenters. The van der Waals surface area contributed by atoms with E-state index in [4.69, 9.17) is 9.72 Å². The van der Waals surface area contributed by atoms with Crippen LogP contribution in [0.2, 0.25) is 0 Å². The van der Waals surface area contributed by atoms with Crippen molar-refractivity contribution < 1.29 is 9.13 Å². The van der Waals surface area contributed by atoms with Crippen LogP contribution in [-0.4, -0.2) is 38.5 Å². The van der Waals surface area contributed by atoms with Gasteiger partial charge in [0.1, 0.15) is 11.6 Å². The molecule has 32 heavy (non-hydrogen) atoms. The maximum absolute atomic E-state index is 13.7. The topological polar surface area (TPSA) is 64.0 Å². The average Bonchev–Trinajstić information content (AvgIpc) is 2.85. The van der Waals surface area contributed by atoms with E-state index in [9.17, 15) is 4.39 Å². The van der Waals surface area contributed by atoms with E-state index in [1.165, 1.54) is 12.1 Å². The first kappa shape index (κ1) is 20.2. The largest absolute Gasteiger partial charge is 0.496 e. The molecular weight excluding hydrogens is 405 g/mol. The second kappa shape index (κ2) is 8.80. The molecule has 0 unspecified atom stereocenters. The number of aromatic nitrogens is 4. The molecule has 0 aliphatic carbocycles. The third-order valence-corrected chi connectivity index (χ3v) is 5.62. The van der Waals surface area contributed by atoms with E-state index in [1.807, 2.05) is 36.7 Å². The molecule has 6 nitrogen and oxygen atoms in total. The Balaban J connectivity index is 1.29. The standard InChI is InChI=1S/C25H22FN5O/c1-32-24-5-3-20(26)12-21(24)23-4-2-17(13-28-23)15-31-11-8-22-19(16-31)14-29-25(30-22)18-6-9-27-10-7-18/h2-7,9-10,12-14H,8,11,15-16H2,1H3. The maximum atomic E-state index is 13.7. The van der Waals surface area contributed by atoms with E-state index in [-0.39, 0.29) is 5.82 Å². The smallest absolute Gasteiger partial charge is 0.159 e. The number of hydrogen-bond donors (Lipinski definition) is 0. The fraction of sp³-hybridized carbons (Fsp3) is 0.200. The van der Waals surface area contributed by atoms with Crippen LogP contribution in [-0.2, 0) is 19.5 Å². The molecule has 0 radical (unpaired) electrons. The van der Waals surface area contributed by atoms with Crippen molar-refractivity contribution in [2.75, 3.05) is 13.7 Å². The lowest BCUT2D eigenvalue weighted by Gasteiger charge is -2.28. The fourth-order valence-corrected chi connectivity index (χ4v) is 3.97. The van der Waals surface area contributed by atoms with Crippen molar-refractivity contribution in [1.82, 2.24) is 24.8 Å². The van der Waals surface area contributed by atoms with E-state index in [0.29, 0.717) is 17.0 Å². The van der Waals surface area contributed by atoms with Crippen molar-refractivity contribution in [3.8, 4) is 28.4 Å². The van der Waals surface area contributed by atoms with Gasteiger partial charge < -0.3 is 4.74 Å². The predicted molar refractivity (Wildman–Crippen MR) is 119 cm³/mol. The van der Waals surface area contributed by atoms with E-state index >= 15 is 0 Å². The number of benzene rings is 1. The zero-order valence-corrected chi connectivity index (χ0v) is 17.7. The molecule has 5 rings (SSSR count). The number of fused-ring (bicyclic) bond motifs is 1. The molecule has 0 fully saturated rings. The molecule has 4 aromatic rings. The summed E-state index contributed by atoms with van der Waals surface area (Å²) < 4.78 is 19.0. The van der Waals surface area contributed by atoms with Gasteiger partial charge in [0.05, 0.1) is 18.5 Å². The SMILES string of the molecule is COc1ccc(F)cc1-c1ccc(CN2CCc3nc(-c4ccncc4)ncc3C2)cn1. The monoisotopic (exact) mass is 427 g/mol. The van der Waals surface area contributed by atoms with Crippen LogP contribution in [0, 0.1) is 5.82 Å². The molecule has 0 amide bonds. The van der Waals surface area contributed by atoms with Crippen molar-refractivity contribution in [2.45, 2.75) is 19.5 Å². The third kappa shape index (κ3) is 4.20. The van der Waals surface area contributed by atoms with Crippen molar-refractivity contribution in [2.24, 2.45) is 0 Å². The lowest BCUT2D eigenvalue weighted by molar-refractivity contribution is 0.242. The number of nitrogens with zero attached hydrogens (tertiary/aromatic N) is 5. The summed E-state index contributed by atoms with van der Waals surface area (Å²) in [5, 5.41) is 0. The second-order valence-corrected chi connectivity index (χ2v) is 7.76. The second-order valence-electron chi connectivity index (χ2n) is 7.76. The Morgan fingerprint density at radius 1 is 1.03 bits per heavy atom. The van der Waals surface area contributed by atoms with Crippen molar-refractivity contribution >= 4 is 0 Å². The van der Waals surface area contributed by atoms with Crippen LogP contribution in [0.25, 0.3) is 22.6 Å². The van der Waals surface area contributed by atoms with Gasteiger partial charge in [0, 0.05) is 67.5 Å². The highest BCUT2D eigenvalue weighted by atomic mass is 19.1. The molecule has 0 N–H and O–H groups in total. The zero-order valence-electron chi connectivity index (χ0n) is 17.7. The maximum Gasteiger partial charge on any atom is 0.159 e. The van der Waals surface area contributed by atoms with Gasteiger partial charge in [-0.1, -0.05) is 6.07 Å². The molecule has 1 aliphatic rings. The van der Waals surface area contributed by atoms with Crippen molar-refractivity contribution in [3.63, 3.8) is 0 Å². The van der Waals surface area contributed by atoms with Gasteiger partial charge in [0.15, 0.2) is 5.82 Å². The summed E-state index contributed by atoms with van der Waals surface area (Å²) in [5.41, 5.74) is 5.67. The molecular formula is C25H22FN5O. The van der Waals surface area contributed by atoms with Crippen LogP contribution in [0.3, 0.4) is 0 Å². The van der Waals surface area contributed by atoms with Gasteiger partial charge in [-0.2, -0.15) is 0 Å². The normalized spacial score (nSPS) is 13.6. The van der Waals surface area contributed by atoms with Crippen LogP contribution in [0.5, 0.6) is 5.75 Å². The number of rotatable bonds is 5. The minimum atomic E-state index is -0.312. The summed E-state index contributed by atoms with van der Waals surface area (Å²) in [7, 11) is 1.57. The first-order valence-electron chi connectivity index (χ1n) is 10.5. The Morgan fingerprint density at radius 2 is 1.91 bits per heavy atom. The van der Waals surface area contributed by atoms with Crippen LogP contribution in [0.4, 0.5) is 4.39 Å². The molecule has 0 saturated heterocycles. The van der Waals surface area contributed by atoms with Crippen molar-refractivity contribution in [1.29, 1.82) is 0 Å². The number of ether oxygens (including phenoxy) is 1. The van der Waals surface area contributed by atoms with Crippen LogP contribution < -0.4 is 4.74 Å². The van der Waals surface area contributed by atoms with Gasteiger partial charge in [0.2, 0.25) is 0 Å². The summed E-state index contributed by atoms with van der Waals surface area (Å²) in [4.78, 5) is 20.3. The quantitative estimate of drug-likeness (QED) is 0.473. The Labute approximate surface area is 185 Å². The number of methoxy groups -OCH3 is 1. The highest BCUT2D eigenvalue weighted by molar-refractivity contribution is 5.67. The molecule has 0 spiro atoms. The highest BCUT2D eigenvalue weighted by Crippen LogP contribution is 2.29. The molecule has 4 heterocycles. The molecule has 7 heteroatoms. The highest BCUT2D eigenvalue weighted by Gasteiger charge is 2.19. The molecule has 0 saturated carbocycles. The van der Waals surface area contributed by atoms with Gasteiger partial charge in [-0.25, -0.2) is 14.4 Å². The van der Waals surface area contributed by atoms with Gasteiger partial charge >= 0.3 is 0 Å². The van der Waals surface area contributed by atoms with E-state index in [1.54, 1.807) is 25.6 Å². The van der Waals surface area contributed by atoms with E-state index in [2.05, 4.69) is 19.9 Å². The van der Waals surface area contributed by atoms with Crippen LogP contribution in [0.15, 0.2) is 67.3 Å². The Hall–Kier alpha value is -3.71. The van der Waals surface area contributed by atoms with E-state index < -0.39 is 0 Å². The molecule has 3 aromatic heterocycles. The average molecular weight is 427 g/mol. The molecule has 0 bridgehead atoms. The van der Waals surface area contributed by atoms with Gasteiger partial charge in [0.25, 0.3) is 0 Å². The Morgan fingerprint density at radius 3 is 2.69 bits per heavy atom. The zero-order chi connectivity index (χ0) is 21.9. The number of halogens is 1. The molecule has 1 aliphatic heterocycles. The molecule has 1 aromatic carbocycles. The minimum Gasteiger partial charge on any atom is -0.496 e. The van der Waals surface area contributed by atoms with Gasteiger partial charge in [-0.3, -0.25) is 14.9 Å². The minimum absolute atomic E-state index is 0.312. The number of hydrogen-bond acceptors (Lipinski definition) is 6. The lowest BCUT2D eigenvalue weighted by Crippen LogP contribution is -2.31. The van der Waals surface area contributed by atoms with Gasteiger partial charge in [-0.05, 0) is 42.0 Å². The first-order valence-corrected chi connectivity index (χ1v) is 10.5. The first-order chi connectivity index (χ1) is 15.7. The fourth-order valence-electron chi connectivity index (χ4n) is 3.97. The summed E-state index contributed by atoms with van der Waals surface area (Å²) >= 11 is 0. The molecule has 160 valence electrons.